The molecule has 0 aromatic carbocycles. The van der Waals surface area contributed by atoms with Crippen LogP contribution in [-0.4, -0.2) is 17.5 Å². The highest BCUT2D eigenvalue weighted by molar-refractivity contribution is 5.74. The minimum Gasteiger partial charge on any atom is -0.368 e. The van der Waals surface area contributed by atoms with E-state index in [2.05, 4.69) is 4.98 Å². The van der Waals surface area contributed by atoms with Crippen LogP contribution in [0, 0.1) is 6.92 Å². The first-order valence-corrected chi connectivity index (χ1v) is 3.96. The lowest BCUT2D eigenvalue weighted by Gasteiger charge is -2.03. The minimum absolute atomic E-state index is 0.0473. The molecule has 0 aliphatic heterocycles. The molecule has 0 aliphatic rings. The standard InChI is InChI=1S/C9H12N2O2/c1-7-8(3-2-4-11-7)5-13-6-9(10)12/h2-4H,5-6H2,1H3,(H2,10,12). The lowest BCUT2D eigenvalue weighted by molar-refractivity contribution is -0.122. The van der Waals surface area contributed by atoms with Crippen LogP contribution >= 0.6 is 0 Å². The maximum atomic E-state index is 10.4. The third kappa shape index (κ3) is 3.21. The molecule has 0 aliphatic carbocycles. The summed E-state index contributed by atoms with van der Waals surface area (Å²) in [6, 6.07) is 3.74. The normalized spacial score (nSPS) is 9.92. The molecule has 70 valence electrons. The Balaban J connectivity index is 2.45. The number of hydrogen-bond acceptors (Lipinski definition) is 3. The van der Waals surface area contributed by atoms with Crippen molar-refractivity contribution in [3.8, 4) is 0 Å². The fraction of sp³-hybridized carbons (Fsp3) is 0.333. The van der Waals surface area contributed by atoms with Gasteiger partial charge in [0.15, 0.2) is 0 Å². The van der Waals surface area contributed by atoms with E-state index in [-0.39, 0.29) is 6.61 Å². The maximum Gasteiger partial charge on any atom is 0.243 e. The van der Waals surface area contributed by atoms with Crippen molar-refractivity contribution in [2.24, 2.45) is 5.73 Å². The second kappa shape index (κ2) is 4.57. The van der Waals surface area contributed by atoms with Crippen LogP contribution in [0.15, 0.2) is 18.3 Å². The summed E-state index contributed by atoms with van der Waals surface area (Å²) < 4.78 is 5.05. The molecule has 1 rings (SSSR count). The number of hydrogen-bond donors (Lipinski definition) is 1. The van der Waals surface area contributed by atoms with Crippen molar-refractivity contribution in [2.45, 2.75) is 13.5 Å². The van der Waals surface area contributed by atoms with E-state index in [4.69, 9.17) is 10.5 Å². The van der Waals surface area contributed by atoms with Gasteiger partial charge in [0.05, 0.1) is 6.61 Å². The Morgan fingerprint density at radius 2 is 2.46 bits per heavy atom. The van der Waals surface area contributed by atoms with Gasteiger partial charge in [-0.2, -0.15) is 0 Å². The predicted molar refractivity (Wildman–Crippen MR) is 47.8 cm³/mol. The molecule has 1 heterocycles. The molecular weight excluding hydrogens is 168 g/mol. The van der Waals surface area contributed by atoms with Crippen molar-refractivity contribution in [1.29, 1.82) is 0 Å². The Hall–Kier alpha value is -1.42. The van der Waals surface area contributed by atoms with Gasteiger partial charge in [-0.25, -0.2) is 0 Å². The summed E-state index contributed by atoms with van der Waals surface area (Å²) in [6.45, 7) is 2.22. The summed E-state index contributed by atoms with van der Waals surface area (Å²) in [6.07, 6.45) is 1.72. The molecule has 4 nitrogen and oxygen atoms in total. The van der Waals surface area contributed by atoms with Gasteiger partial charge in [-0.05, 0) is 18.6 Å². The monoisotopic (exact) mass is 180 g/mol. The number of amides is 1. The Morgan fingerprint density at radius 1 is 1.69 bits per heavy atom. The number of nitrogens with zero attached hydrogens (tertiary/aromatic N) is 1. The average molecular weight is 180 g/mol. The van der Waals surface area contributed by atoms with Gasteiger partial charge in [0.1, 0.15) is 6.61 Å². The number of pyridine rings is 1. The van der Waals surface area contributed by atoms with E-state index in [0.717, 1.165) is 11.3 Å². The third-order valence-electron chi connectivity index (χ3n) is 1.62. The van der Waals surface area contributed by atoms with Gasteiger partial charge in [-0.15, -0.1) is 0 Å². The zero-order chi connectivity index (χ0) is 9.68. The van der Waals surface area contributed by atoms with Crippen LogP contribution in [0.3, 0.4) is 0 Å². The molecule has 0 radical (unpaired) electrons. The van der Waals surface area contributed by atoms with Gasteiger partial charge in [-0.1, -0.05) is 6.07 Å². The van der Waals surface area contributed by atoms with Crippen LogP contribution in [0.4, 0.5) is 0 Å². The number of nitrogens with two attached hydrogens (primary N) is 1. The molecule has 0 unspecified atom stereocenters. The molecule has 1 aromatic rings. The Bertz CT molecular complexity index is 299. The van der Waals surface area contributed by atoms with Gasteiger partial charge < -0.3 is 10.5 Å². The predicted octanol–water partition coefficient (Wildman–Crippen LogP) is 0.392. The quantitative estimate of drug-likeness (QED) is 0.729. The number of rotatable bonds is 4. The van der Waals surface area contributed by atoms with Gasteiger partial charge in [0.2, 0.25) is 5.91 Å². The fourth-order valence-corrected chi connectivity index (χ4v) is 0.932. The van der Waals surface area contributed by atoms with Crippen molar-refractivity contribution in [3.05, 3.63) is 29.6 Å². The molecule has 0 bridgehead atoms. The van der Waals surface area contributed by atoms with Crippen molar-refractivity contribution >= 4 is 5.91 Å². The number of ether oxygens (including phenoxy) is 1. The van der Waals surface area contributed by atoms with Gasteiger partial charge in [-0.3, -0.25) is 9.78 Å². The summed E-state index contributed by atoms with van der Waals surface area (Å²) in [5.41, 5.74) is 6.80. The molecule has 0 saturated carbocycles. The largest absolute Gasteiger partial charge is 0.368 e. The van der Waals surface area contributed by atoms with Crippen LogP contribution in [0.25, 0.3) is 0 Å². The van der Waals surface area contributed by atoms with E-state index in [0.29, 0.717) is 6.61 Å². The smallest absolute Gasteiger partial charge is 0.243 e. The van der Waals surface area contributed by atoms with E-state index >= 15 is 0 Å². The van der Waals surface area contributed by atoms with Crippen LogP contribution in [0.5, 0.6) is 0 Å². The first kappa shape index (κ1) is 9.67. The highest BCUT2D eigenvalue weighted by Crippen LogP contribution is 2.04. The van der Waals surface area contributed by atoms with E-state index in [1.54, 1.807) is 6.20 Å². The summed E-state index contributed by atoms with van der Waals surface area (Å²) in [7, 11) is 0. The van der Waals surface area contributed by atoms with Crippen LogP contribution < -0.4 is 5.73 Å². The molecule has 1 aromatic heterocycles. The number of carbonyl (C=O) groups is 1. The molecular formula is C9H12N2O2. The van der Waals surface area contributed by atoms with E-state index in [1.165, 1.54) is 0 Å². The topological polar surface area (TPSA) is 65.2 Å². The lowest BCUT2D eigenvalue weighted by atomic mass is 10.2. The highest BCUT2D eigenvalue weighted by Gasteiger charge is 1.99. The minimum atomic E-state index is -0.457. The number of aromatic nitrogens is 1. The molecule has 0 fully saturated rings. The van der Waals surface area contributed by atoms with E-state index < -0.39 is 5.91 Å². The highest BCUT2D eigenvalue weighted by atomic mass is 16.5. The first-order valence-electron chi connectivity index (χ1n) is 3.96. The Kier molecular flexibility index (Phi) is 3.40. The van der Waals surface area contributed by atoms with Crippen LogP contribution in [0.2, 0.25) is 0 Å². The molecule has 0 saturated heterocycles. The zero-order valence-electron chi connectivity index (χ0n) is 7.49. The Morgan fingerprint density at radius 3 is 3.08 bits per heavy atom. The SMILES string of the molecule is Cc1ncccc1COCC(N)=O. The third-order valence-corrected chi connectivity index (χ3v) is 1.62. The summed E-state index contributed by atoms with van der Waals surface area (Å²) in [5, 5.41) is 0. The summed E-state index contributed by atoms with van der Waals surface area (Å²) >= 11 is 0. The van der Waals surface area contributed by atoms with Crippen LogP contribution in [0.1, 0.15) is 11.3 Å². The summed E-state index contributed by atoms with van der Waals surface area (Å²) in [5.74, 6) is -0.457. The van der Waals surface area contributed by atoms with Crippen molar-refractivity contribution < 1.29 is 9.53 Å². The second-order valence-electron chi connectivity index (χ2n) is 2.71. The summed E-state index contributed by atoms with van der Waals surface area (Å²) in [4.78, 5) is 14.4. The fourth-order valence-electron chi connectivity index (χ4n) is 0.932. The Labute approximate surface area is 76.7 Å². The lowest BCUT2D eigenvalue weighted by Crippen LogP contribution is -2.18. The van der Waals surface area contributed by atoms with Gasteiger partial charge in [0.25, 0.3) is 0 Å². The number of aryl methyl sites for hydroxylation is 1. The van der Waals surface area contributed by atoms with Gasteiger partial charge in [0, 0.05) is 11.9 Å². The van der Waals surface area contributed by atoms with E-state index in [1.807, 2.05) is 19.1 Å². The molecule has 13 heavy (non-hydrogen) atoms. The molecule has 0 spiro atoms. The molecule has 1 amide bonds. The first-order chi connectivity index (χ1) is 6.20. The molecule has 2 N–H and O–H groups in total. The maximum absolute atomic E-state index is 10.4. The van der Waals surface area contributed by atoms with Gasteiger partial charge >= 0.3 is 0 Å². The molecule has 0 atom stereocenters. The zero-order valence-corrected chi connectivity index (χ0v) is 7.49. The van der Waals surface area contributed by atoms with Crippen molar-refractivity contribution in [2.75, 3.05) is 6.61 Å². The van der Waals surface area contributed by atoms with Crippen molar-refractivity contribution in [3.63, 3.8) is 0 Å². The van der Waals surface area contributed by atoms with Crippen molar-refractivity contribution in [1.82, 2.24) is 4.98 Å². The van der Waals surface area contributed by atoms with E-state index in [9.17, 15) is 4.79 Å². The number of carbonyl (C=O) groups excluding carboxylic acids is 1. The van der Waals surface area contributed by atoms with Crippen LogP contribution in [-0.2, 0) is 16.1 Å². The average Bonchev–Trinajstić information content (AvgIpc) is 2.08. The number of primary amides is 1. The second-order valence-corrected chi connectivity index (χ2v) is 2.71. The molecule has 4 heteroatoms.